The van der Waals surface area contributed by atoms with Gasteiger partial charge < -0.3 is 4.90 Å². The summed E-state index contributed by atoms with van der Waals surface area (Å²) in [5.74, 6) is 0. The fourth-order valence-electron chi connectivity index (χ4n) is 2.48. The van der Waals surface area contributed by atoms with Crippen molar-refractivity contribution in [2.45, 2.75) is 4.90 Å². The van der Waals surface area contributed by atoms with Gasteiger partial charge in [-0.2, -0.15) is 4.31 Å². The highest BCUT2D eigenvalue weighted by Crippen LogP contribution is 2.20. The first-order valence-electron chi connectivity index (χ1n) is 6.88. The summed E-state index contributed by atoms with van der Waals surface area (Å²) in [6, 6.07) is 12.5. The number of benzene rings is 1. The van der Waals surface area contributed by atoms with Crippen LogP contribution in [0.2, 0.25) is 0 Å². The second-order valence-corrected chi connectivity index (χ2v) is 6.85. The second kappa shape index (κ2) is 5.83. The van der Waals surface area contributed by atoms with Gasteiger partial charge in [-0.1, -0.05) is 18.2 Å². The first kappa shape index (κ1) is 14.0. The van der Waals surface area contributed by atoms with Crippen LogP contribution in [0.25, 0.3) is 0 Å². The first-order chi connectivity index (χ1) is 10.2. The lowest BCUT2D eigenvalue weighted by Crippen LogP contribution is -2.48. The van der Waals surface area contributed by atoms with Gasteiger partial charge in [0.15, 0.2) is 0 Å². The Morgan fingerprint density at radius 2 is 1.48 bits per heavy atom. The lowest BCUT2D eigenvalue weighted by atomic mass is 10.3. The highest BCUT2D eigenvalue weighted by atomic mass is 32.2. The molecule has 0 bridgehead atoms. The van der Waals surface area contributed by atoms with Gasteiger partial charge in [-0.3, -0.25) is 4.98 Å². The fraction of sp³-hybridized carbons (Fsp3) is 0.267. The molecule has 0 N–H and O–H groups in total. The van der Waals surface area contributed by atoms with E-state index in [-0.39, 0.29) is 0 Å². The van der Waals surface area contributed by atoms with Gasteiger partial charge in [-0.05, 0) is 24.3 Å². The van der Waals surface area contributed by atoms with E-state index in [1.165, 1.54) is 0 Å². The number of anilines is 1. The smallest absolute Gasteiger partial charge is 0.243 e. The number of nitrogens with zero attached hydrogens (tertiary/aromatic N) is 3. The maximum atomic E-state index is 12.5. The number of pyridine rings is 1. The molecule has 1 aromatic heterocycles. The molecule has 2 aromatic rings. The number of hydrogen-bond acceptors (Lipinski definition) is 4. The third-order valence-electron chi connectivity index (χ3n) is 3.65. The van der Waals surface area contributed by atoms with Crippen LogP contribution in [0.5, 0.6) is 0 Å². The van der Waals surface area contributed by atoms with Crippen molar-refractivity contribution in [3.8, 4) is 0 Å². The molecule has 0 atom stereocenters. The summed E-state index contributed by atoms with van der Waals surface area (Å²) < 4.78 is 26.6. The minimum atomic E-state index is -3.37. The van der Waals surface area contributed by atoms with Gasteiger partial charge in [0.1, 0.15) is 0 Å². The lowest BCUT2D eigenvalue weighted by molar-refractivity contribution is 0.385. The number of hydrogen-bond donors (Lipinski definition) is 0. The van der Waals surface area contributed by atoms with Gasteiger partial charge in [0.2, 0.25) is 10.0 Å². The molecular weight excluding hydrogens is 286 g/mol. The second-order valence-electron chi connectivity index (χ2n) is 4.91. The molecule has 0 unspecified atom stereocenters. The zero-order valence-electron chi connectivity index (χ0n) is 11.6. The maximum absolute atomic E-state index is 12.5. The molecular formula is C15H17N3O2S. The Kier molecular flexibility index (Phi) is 3.90. The zero-order chi connectivity index (χ0) is 14.7. The summed E-state index contributed by atoms with van der Waals surface area (Å²) in [5.41, 5.74) is 1.08. The summed E-state index contributed by atoms with van der Waals surface area (Å²) in [4.78, 5) is 6.54. The van der Waals surface area contributed by atoms with E-state index >= 15 is 0 Å². The average molecular weight is 303 g/mol. The monoisotopic (exact) mass is 303 g/mol. The molecule has 1 fully saturated rings. The fourth-order valence-corrected chi connectivity index (χ4v) is 3.93. The molecule has 0 saturated carbocycles. The Bertz CT molecular complexity index is 681. The van der Waals surface area contributed by atoms with E-state index in [0.29, 0.717) is 31.1 Å². The van der Waals surface area contributed by atoms with Crippen LogP contribution in [-0.2, 0) is 10.0 Å². The van der Waals surface area contributed by atoms with Gasteiger partial charge in [-0.25, -0.2) is 8.42 Å². The van der Waals surface area contributed by atoms with Crippen molar-refractivity contribution in [2.75, 3.05) is 31.1 Å². The number of piperazine rings is 1. The van der Waals surface area contributed by atoms with Crippen molar-refractivity contribution in [1.82, 2.24) is 9.29 Å². The Labute approximate surface area is 124 Å². The van der Waals surface area contributed by atoms with Crippen molar-refractivity contribution in [3.05, 3.63) is 54.9 Å². The maximum Gasteiger partial charge on any atom is 0.243 e. The zero-order valence-corrected chi connectivity index (χ0v) is 12.4. The number of aromatic nitrogens is 1. The molecule has 1 aliphatic heterocycles. The van der Waals surface area contributed by atoms with Crippen LogP contribution in [0.15, 0.2) is 59.8 Å². The minimum Gasteiger partial charge on any atom is -0.369 e. The largest absolute Gasteiger partial charge is 0.369 e. The van der Waals surface area contributed by atoms with Crippen LogP contribution in [0.1, 0.15) is 0 Å². The Hall–Kier alpha value is -1.92. The Morgan fingerprint density at radius 3 is 2.10 bits per heavy atom. The summed E-state index contributed by atoms with van der Waals surface area (Å²) >= 11 is 0. The molecule has 21 heavy (non-hydrogen) atoms. The summed E-state index contributed by atoms with van der Waals surface area (Å²) in [6.07, 6.45) is 3.50. The van der Waals surface area contributed by atoms with E-state index in [2.05, 4.69) is 9.88 Å². The highest BCUT2D eigenvalue weighted by Gasteiger charge is 2.28. The normalized spacial score (nSPS) is 16.9. The minimum absolute atomic E-state index is 0.363. The van der Waals surface area contributed by atoms with Crippen molar-refractivity contribution in [3.63, 3.8) is 0 Å². The topological polar surface area (TPSA) is 53.5 Å². The summed E-state index contributed by atoms with van der Waals surface area (Å²) in [6.45, 7) is 2.38. The van der Waals surface area contributed by atoms with Crippen molar-refractivity contribution in [2.24, 2.45) is 0 Å². The van der Waals surface area contributed by atoms with E-state index in [4.69, 9.17) is 0 Å². The van der Waals surface area contributed by atoms with E-state index in [1.54, 1.807) is 41.0 Å². The quantitative estimate of drug-likeness (QED) is 0.864. The van der Waals surface area contributed by atoms with Crippen molar-refractivity contribution >= 4 is 15.7 Å². The van der Waals surface area contributed by atoms with E-state index < -0.39 is 10.0 Å². The lowest BCUT2D eigenvalue weighted by Gasteiger charge is -2.35. The van der Waals surface area contributed by atoms with Crippen LogP contribution in [0.4, 0.5) is 5.69 Å². The average Bonchev–Trinajstić information content (AvgIpc) is 2.57. The molecule has 0 aliphatic carbocycles. The van der Waals surface area contributed by atoms with Crippen LogP contribution in [0, 0.1) is 0 Å². The first-order valence-corrected chi connectivity index (χ1v) is 8.32. The van der Waals surface area contributed by atoms with Crippen LogP contribution < -0.4 is 4.90 Å². The number of sulfonamides is 1. The molecule has 2 heterocycles. The van der Waals surface area contributed by atoms with Crippen molar-refractivity contribution in [1.29, 1.82) is 0 Å². The molecule has 3 rings (SSSR count). The van der Waals surface area contributed by atoms with E-state index in [0.717, 1.165) is 5.69 Å². The van der Waals surface area contributed by atoms with Gasteiger partial charge >= 0.3 is 0 Å². The molecule has 0 radical (unpaired) electrons. The van der Waals surface area contributed by atoms with Crippen LogP contribution in [-0.4, -0.2) is 43.9 Å². The van der Waals surface area contributed by atoms with Crippen LogP contribution >= 0.6 is 0 Å². The van der Waals surface area contributed by atoms with Crippen molar-refractivity contribution < 1.29 is 8.42 Å². The van der Waals surface area contributed by atoms with Gasteiger partial charge in [0.05, 0.1) is 4.90 Å². The van der Waals surface area contributed by atoms with Gasteiger partial charge in [-0.15, -0.1) is 0 Å². The van der Waals surface area contributed by atoms with Gasteiger partial charge in [0.25, 0.3) is 0 Å². The Balaban J connectivity index is 1.72. The molecule has 6 heteroatoms. The third-order valence-corrected chi connectivity index (χ3v) is 5.56. The standard InChI is InChI=1S/C15H17N3O2S/c19-21(20,15-4-2-1-3-5-15)18-12-10-17(11-13-18)14-6-8-16-9-7-14/h1-9H,10-13H2. The molecule has 5 nitrogen and oxygen atoms in total. The molecule has 0 spiro atoms. The molecule has 0 amide bonds. The highest BCUT2D eigenvalue weighted by molar-refractivity contribution is 7.89. The SMILES string of the molecule is O=S(=O)(c1ccccc1)N1CCN(c2ccncc2)CC1. The molecule has 1 aromatic carbocycles. The molecule has 110 valence electrons. The van der Waals surface area contributed by atoms with E-state index in [1.807, 2.05) is 18.2 Å². The third kappa shape index (κ3) is 2.91. The summed E-state index contributed by atoms with van der Waals surface area (Å²) in [5, 5.41) is 0. The van der Waals surface area contributed by atoms with E-state index in [9.17, 15) is 8.42 Å². The Morgan fingerprint density at radius 1 is 0.857 bits per heavy atom. The van der Waals surface area contributed by atoms with Crippen LogP contribution in [0.3, 0.4) is 0 Å². The predicted molar refractivity (Wildman–Crippen MR) is 81.7 cm³/mol. The molecule has 1 saturated heterocycles. The molecule has 1 aliphatic rings. The van der Waals surface area contributed by atoms with Gasteiger partial charge in [0, 0.05) is 44.3 Å². The number of rotatable bonds is 3. The summed E-state index contributed by atoms with van der Waals surface area (Å²) in [7, 11) is -3.37. The predicted octanol–water partition coefficient (Wildman–Crippen LogP) is 1.59.